The van der Waals surface area contributed by atoms with Crippen molar-refractivity contribution in [3.8, 4) is 0 Å². The van der Waals surface area contributed by atoms with Crippen molar-refractivity contribution in [2.45, 2.75) is 7.43 Å². The maximum absolute atomic E-state index is 4.35. The van der Waals surface area contributed by atoms with Gasteiger partial charge in [0.15, 0.2) is 0 Å². The fourth-order valence-electron chi connectivity index (χ4n) is 5.04. The zero-order valence-corrected chi connectivity index (χ0v) is 23.9. The van der Waals surface area contributed by atoms with E-state index in [0.29, 0.717) is 0 Å². The summed E-state index contributed by atoms with van der Waals surface area (Å²) in [5.74, 6) is 0. The second kappa shape index (κ2) is 13.7. The first-order valence-electron chi connectivity index (χ1n) is 13.6. The van der Waals surface area contributed by atoms with E-state index in [0.717, 1.165) is 65.4 Å². The SMILES string of the molecule is C.[Co].c1cnc2c(c1)ccc1cccnc12.c1cnc2c(c1)ccc1cccnc12.c1cnc2c(c1)ccc1cccnc12. The summed E-state index contributed by atoms with van der Waals surface area (Å²) in [5, 5.41) is 6.83. The minimum absolute atomic E-state index is 0. The number of fused-ring (bicyclic) bond motifs is 9. The average molecular weight is 616 g/mol. The fraction of sp³-hybridized carbons (Fsp3) is 0.0270. The van der Waals surface area contributed by atoms with Crippen molar-refractivity contribution in [1.29, 1.82) is 0 Å². The van der Waals surface area contributed by atoms with Crippen LogP contribution in [0.25, 0.3) is 65.4 Å². The first-order valence-corrected chi connectivity index (χ1v) is 13.6. The minimum Gasteiger partial charge on any atom is -0.254 e. The van der Waals surface area contributed by atoms with Crippen molar-refractivity contribution >= 4 is 65.4 Å². The molecule has 0 bridgehead atoms. The molecular formula is C37H28CoN6. The van der Waals surface area contributed by atoms with Gasteiger partial charge in [-0.15, -0.1) is 0 Å². The number of rotatable bonds is 0. The van der Waals surface area contributed by atoms with Gasteiger partial charge >= 0.3 is 0 Å². The standard InChI is InChI=1S/3C12H8N2.CH4.Co/c3*1-3-9-5-6-10-4-2-8-14-12(10)11(9)13-7-1;;/h3*1-8H;1H4;. The van der Waals surface area contributed by atoms with Gasteiger partial charge in [-0.1, -0.05) is 80.2 Å². The third kappa shape index (κ3) is 6.05. The van der Waals surface area contributed by atoms with Crippen LogP contribution < -0.4 is 0 Å². The maximum Gasteiger partial charge on any atom is 0.0964 e. The topological polar surface area (TPSA) is 77.3 Å². The van der Waals surface area contributed by atoms with Crippen LogP contribution in [0.15, 0.2) is 146 Å². The summed E-state index contributed by atoms with van der Waals surface area (Å²) >= 11 is 0. The Hall–Kier alpha value is -5.37. The van der Waals surface area contributed by atoms with Gasteiger partial charge in [0, 0.05) is 86.3 Å². The molecule has 7 heteroatoms. The molecule has 9 rings (SSSR count). The third-order valence-electron chi connectivity index (χ3n) is 7.03. The zero-order chi connectivity index (χ0) is 28.1. The summed E-state index contributed by atoms with van der Waals surface area (Å²) < 4.78 is 0. The van der Waals surface area contributed by atoms with E-state index in [1.165, 1.54) is 0 Å². The number of aromatic nitrogens is 6. The van der Waals surface area contributed by atoms with Crippen molar-refractivity contribution < 1.29 is 16.8 Å². The van der Waals surface area contributed by atoms with Crippen LogP contribution in [0.3, 0.4) is 0 Å². The van der Waals surface area contributed by atoms with Crippen LogP contribution in [0.2, 0.25) is 0 Å². The molecule has 0 fully saturated rings. The largest absolute Gasteiger partial charge is 0.254 e. The van der Waals surface area contributed by atoms with E-state index in [1.807, 2.05) is 36.4 Å². The monoisotopic (exact) mass is 615 g/mol. The minimum atomic E-state index is 0. The molecule has 3 aromatic carbocycles. The average Bonchev–Trinajstić information content (AvgIpc) is 3.09. The molecule has 6 heterocycles. The molecule has 0 aliphatic carbocycles. The van der Waals surface area contributed by atoms with Gasteiger partial charge in [0.1, 0.15) is 0 Å². The Labute approximate surface area is 265 Å². The van der Waals surface area contributed by atoms with Gasteiger partial charge in [-0.25, -0.2) is 0 Å². The molecule has 44 heavy (non-hydrogen) atoms. The number of pyridine rings is 6. The molecule has 0 saturated heterocycles. The molecule has 0 aliphatic heterocycles. The smallest absolute Gasteiger partial charge is 0.0964 e. The predicted molar refractivity (Wildman–Crippen MR) is 178 cm³/mol. The van der Waals surface area contributed by atoms with Gasteiger partial charge in [-0.3, -0.25) is 29.9 Å². The Balaban J connectivity index is 0.000000128. The molecule has 0 saturated carbocycles. The molecule has 215 valence electrons. The van der Waals surface area contributed by atoms with Gasteiger partial charge < -0.3 is 0 Å². The molecule has 0 amide bonds. The second-order valence-corrected chi connectivity index (χ2v) is 9.65. The summed E-state index contributed by atoms with van der Waals surface area (Å²) in [4.78, 5) is 26.1. The number of benzene rings is 3. The predicted octanol–water partition coefficient (Wildman–Crippen LogP) is 8.98. The Bertz CT molecular complexity index is 1910. The van der Waals surface area contributed by atoms with Crippen LogP contribution in [0.5, 0.6) is 0 Å². The summed E-state index contributed by atoms with van der Waals surface area (Å²) in [7, 11) is 0. The van der Waals surface area contributed by atoms with Crippen LogP contribution in [0.1, 0.15) is 7.43 Å². The Kier molecular flexibility index (Phi) is 9.39. The third-order valence-corrected chi connectivity index (χ3v) is 7.03. The van der Waals surface area contributed by atoms with Crippen LogP contribution in [0.4, 0.5) is 0 Å². The second-order valence-electron chi connectivity index (χ2n) is 9.65. The summed E-state index contributed by atoms with van der Waals surface area (Å²) in [5.41, 5.74) is 5.86. The van der Waals surface area contributed by atoms with Crippen molar-refractivity contribution in [1.82, 2.24) is 29.9 Å². The van der Waals surface area contributed by atoms with Crippen LogP contribution in [-0.4, -0.2) is 29.9 Å². The van der Waals surface area contributed by atoms with Crippen molar-refractivity contribution in [3.05, 3.63) is 146 Å². The quantitative estimate of drug-likeness (QED) is 0.159. The molecular weight excluding hydrogens is 587 g/mol. The van der Waals surface area contributed by atoms with E-state index in [-0.39, 0.29) is 24.2 Å². The number of hydrogen-bond donors (Lipinski definition) is 0. The summed E-state index contributed by atoms with van der Waals surface area (Å²) in [6.07, 6.45) is 10.8. The molecule has 0 spiro atoms. The van der Waals surface area contributed by atoms with Crippen LogP contribution in [0, 0.1) is 0 Å². The van der Waals surface area contributed by atoms with E-state index in [1.54, 1.807) is 37.2 Å². The van der Waals surface area contributed by atoms with Gasteiger partial charge in [0.25, 0.3) is 0 Å². The van der Waals surface area contributed by atoms with Gasteiger partial charge in [0.2, 0.25) is 0 Å². The van der Waals surface area contributed by atoms with Gasteiger partial charge in [-0.05, 0) is 36.4 Å². The molecule has 0 aliphatic rings. The van der Waals surface area contributed by atoms with Crippen LogP contribution in [-0.2, 0) is 16.8 Å². The van der Waals surface area contributed by atoms with Crippen LogP contribution >= 0.6 is 0 Å². The Morgan fingerprint density at radius 1 is 0.250 bits per heavy atom. The van der Waals surface area contributed by atoms with Crippen molar-refractivity contribution in [2.24, 2.45) is 0 Å². The molecule has 6 aromatic heterocycles. The van der Waals surface area contributed by atoms with Gasteiger partial charge in [-0.2, -0.15) is 0 Å². The van der Waals surface area contributed by atoms with E-state index < -0.39 is 0 Å². The molecule has 0 N–H and O–H groups in total. The molecule has 1 radical (unpaired) electrons. The Morgan fingerprint density at radius 3 is 0.568 bits per heavy atom. The molecule has 0 unspecified atom stereocenters. The first kappa shape index (κ1) is 30.1. The van der Waals surface area contributed by atoms with E-state index >= 15 is 0 Å². The summed E-state index contributed by atoms with van der Waals surface area (Å²) in [6.45, 7) is 0. The normalized spacial score (nSPS) is 10.4. The van der Waals surface area contributed by atoms with Crippen molar-refractivity contribution in [2.75, 3.05) is 0 Å². The molecule has 9 aromatic rings. The number of hydrogen-bond acceptors (Lipinski definition) is 6. The first-order chi connectivity index (χ1) is 20.8. The molecule has 0 atom stereocenters. The Morgan fingerprint density at radius 2 is 0.409 bits per heavy atom. The van der Waals surface area contributed by atoms with Crippen molar-refractivity contribution in [3.63, 3.8) is 0 Å². The number of nitrogens with zero attached hydrogens (tertiary/aromatic N) is 6. The van der Waals surface area contributed by atoms with E-state index in [2.05, 4.69) is 103 Å². The maximum atomic E-state index is 4.35. The van der Waals surface area contributed by atoms with E-state index in [4.69, 9.17) is 0 Å². The zero-order valence-electron chi connectivity index (χ0n) is 22.9. The van der Waals surface area contributed by atoms with Gasteiger partial charge in [0.05, 0.1) is 33.1 Å². The van der Waals surface area contributed by atoms with E-state index in [9.17, 15) is 0 Å². The summed E-state index contributed by atoms with van der Waals surface area (Å²) in [6, 6.07) is 36.4. The molecule has 6 nitrogen and oxygen atoms in total. The fourth-order valence-corrected chi connectivity index (χ4v) is 5.04.